The monoisotopic (exact) mass is 245 g/mol. The lowest BCUT2D eigenvalue weighted by molar-refractivity contribution is 0.475. The average Bonchev–Trinajstić information content (AvgIpc) is 2.72. The third kappa shape index (κ3) is 2.07. The summed E-state index contributed by atoms with van der Waals surface area (Å²) in [6.07, 6.45) is 3.54. The number of fused-ring (bicyclic) bond motifs is 1. The van der Waals surface area contributed by atoms with Crippen molar-refractivity contribution in [2.24, 2.45) is 5.92 Å². The summed E-state index contributed by atoms with van der Waals surface area (Å²) in [5.41, 5.74) is 2.39. The quantitative estimate of drug-likeness (QED) is 0.832. The van der Waals surface area contributed by atoms with Crippen molar-refractivity contribution in [2.45, 2.75) is 26.2 Å². The van der Waals surface area contributed by atoms with E-state index in [-0.39, 0.29) is 0 Å². The zero-order chi connectivity index (χ0) is 11.8. The largest absolute Gasteiger partial charge is 0.508 e. The van der Waals surface area contributed by atoms with Crippen LogP contribution in [0.2, 0.25) is 0 Å². The van der Waals surface area contributed by atoms with Gasteiger partial charge >= 0.3 is 0 Å². The van der Waals surface area contributed by atoms with E-state index in [1.54, 1.807) is 23.5 Å². The molecule has 88 valence electrons. The number of nitrogens with zero attached hydrogens (tertiary/aromatic N) is 1. The number of phenols is 1. The highest BCUT2D eigenvalue weighted by Gasteiger charge is 2.20. The highest BCUT2D eigenvalue weighted by molar-refractivity contribution is 7.15. The second kappa shape index (κ2) is 4.15. The fourth-order valence-electron chi connectivity index (χ4n) is 2.27. The van der Waals surface area contributed by atoms with Crippen molar-refractivity contribution in [1.29, 1.82) is 0 Å². The van der Waals surface area contributed by atoms with Gasteiger partial charge in [0.15, 0.2) is 0 Å². The van der Waals surface area contributed by atoms with Crippen molar-refractivity contribution in [3.63, 3.8) is 0 Å². The summed E-state index contributed by atoms with van der Waals surface area (Å²) < 4.78 is 0. The Labute approximate surface area is 105 Å². The highest BCUT2D eigenvalue weighted by Crippen LogP contribution is 2.34. The van der Waals surface area contributed by atoms with Gasteiger partial charge in [0.05, 0.1) is 5.69 Å². The Morgan fingerprint density at radius 3 is 2.82 bits per heavy atom. The van der Waals surface area contributed by atoms with Gasteiger partial charge in [-0.15, -0.1) is 11.3 Å². The van der Waals surface area contributed by atoms with Gasteiger partial charge in [0.1, 0.15) is 10.8 Å². The number of aromatic hydroxyl groups is 1. The fourth-order valence-corrected chi connectivity index (χ4v) is 3.54. The molecule has 1 aromatic carbocycles. The van der Waals surface area contributed by atoms with Gasteiger partial charge in [0, 0.05) is 10.4 Å². The molecule has 1 atom stereocenters. The first-order chi connectivity index (χ1) is 8.22. The SMILES string of the molecule is CC1CCc2nc(-c3ccc(O)cc3)sc2C1. The molecule has 1 aromatic heterocycles. The van der Waals surface area contributed by atoms with Crippen molar-refractivity contribution in [1.82, 2.24) is 4.98 Å². The maximum Gasteiger partial charge on any atom is 0.123 e. The number of aromatic nitrogens is 1. The molecule has 0 saturated heterocycles. The number of hydrogen-bond donors (Lipinski definition) is 1. The van der Waals surface area contributed by atoms with Crippen molar-refractivity contribution >= 4 is 11.3 Å². The van der Waals surface area contributed by atoms with Crippen molar-refractivity contribution in [3.8, 4) is 16.3 Å². The van der Waals surface area contributed by atoms with Gasteiger partial charge in [0.2, 0.25) is 0 Å². The molecule has 1 unspecified atom stereocenters. The lowest BCUT2D eigenvalue weighted by Crippen LogP contribution is -2.09. The summed E-state index contributed by atoms with van der Waals surface area (Å²) in [6.45, 7) is 2.31. The first kappa shape index (κ1) is 10.8. The molecular weight excluding hydrogens is 230 g/mol. The van der Waals surface area contributed by atoms with Crippen LogP contribution in [-0.2, 0) is 12.8 Å². The highest BCUT2D eigenvalue weighted by atomic mass is 32.1. The zero-order valence-electron chi connectivity index (χ0n) is 9.81. The number of benzene rings is 1. The van der Waals surface area contributed by atoms with E-state index in [1.165, 1.54) is 23.4 Å². The number of rotatable bonds is 1. The molecule has 0 bridgehead atoms. The van der Waals surface area contributed by atoms with E-state index in [9.17, 15) is 5.11 Å². The smallest absolute Gasteiger partial charge is 0.123 e. The van der Waals surface area contributed by atoms with E-state index >= 15 is 0 Å². The Kier molecular flexibility index (Phi) is 2.63. The van der Waals surface area contributed by atoms with Crippen LogP contribution in [0.25, 0.3) is 10.6 Å². The van der Waals surface area contributed by atoms with Crippen molar-refractivity contribution < 1.29 is 5.11 Å². The Morgan fingerprint density at radius 1 is 1.29 bits per heavy atom. The third-order valence-electron chi connectivity index (χ3n) is 3.30. The molecule has 1 heterocycles. The van der Waals surface area contributed by atoms with Gasteiger partial charge in [-0.2, -0.15) is 0 Å². The first-order valence-electron chi connectivity index (χ1n) is 6.00. The van der Waals surface area contributed by atoms with Crippen LogP contribution < -0.4 is 0 Å². The molecule has 1 aliphatic carbocycles. The van der Waals surface area contributed by atoms with Gasteiger partial charge in [-0.3, -0.25) is 0 Å². The van der Waals surface area contributed by atoms with Crippen LogP contribution in [0.15, 0.2) is 24.3 Å². The van der Waals surface area contributed by atoms with Crippen molar-refractivity contribution in [2.75, 3.05) is 0 Å². The van der Waals surface area contributed by atoms with Crippen LogP contribution >= 0.6 is 11.3 Å². The average molecular weight is 245 g/mol. The maximum absolute atomic E-state index is 9.28. The number of phenolic OH excluding ortho intramolecular Hbond substituents is 1. The van der Waals surface area contributed by atoms with Crippen LogP contribution in [0.1, 0.15) is 23.9 Å². The molecule has 0 amide bonds. The minimum Gasteiger partial charge on any atom is -0.508 e. The van der Waals surface area contributed by atoms with E-state index in [4.69, 9.17) is 4.98 Å². The summed E-state index contributed by atoms with van der Waals surface area (Å²) in [5, 5.41) is 10.4. The van der Waals surface area contributed by atoms with E-state index in [2.05, 4.69) is 6.92 Å². The number of aryl methyl sites for hydroxylation is 1. The summed E-state index contributed by atoms with van der Waals surface area (Å²) >= 11 is 1.81. The maximum atomic E-state index is 9.28. The molecule has 1 aliphatic rings. The molecule has 17 heavy (non-hydrogen) atoms. The van der Waals surface area contributed by atoms with Crippen LogP contribution in [0, 0.1) is 5.92 Å². The van der Waals surface area contributed by atoms with E-state index < -0.39 is 0 Å². The minimum absolute atomic E-state index is 0.309. The Morgan fingerprint density at radius 2 is 2.06 bits per heavy atom. The molecule has 3 heteroatoms. The third-order valence-corrected chi connectivity index (χ3v) is 4.47. The van der Waals surface area contributed by atoms with Gasteiger partial charge in [-0.05, 0) is 49.4 Å². The van der Waals surface area contributed by atoms with E-state index in [1.807, 2.05) is 12.1 Å². The molecule has 1 N–H and O–H groups in total. The Balaban J connectivity index is 1.97. The predicted molar refractivity (Wildman–Crippen MR) is 70.4 cm³/mol. The van der Waals surface area contributed by atoms with Gasteiger partial charge in [-0.25, -0.2) is 4.98 Å². The first-order valence-corrected chi connectivity index (χ1v) is 6.82. The molecule has 0 aliphatic heterocycles. The summed E-state index contributed by atoms with van der Waals surface area (Å²) in [6, 6.07) is 7.31. The zero-order valence-corrected chi connectivity index (χ0v) is 10.6. The normalized spacial score (nSPS) is 19.0. The Hall–Kier alpha value is -1.35. The van der Waals surface area contributed by atoms with E-state index in [0.717, 1.165) is 22.9 Å². The van der Waals surface area contributed by atoms with Crippen LogP contribution in [-0.4, -0.2) is 10.1 Å². The minimum atomic E-state index is 0.309. The number of hydrogen-bond acceptors (Lipinski definition) is 3. The summed E-state index contributed by atoms with van der Waals surface area (Å²) in [5.74, 6) is 1.10. The molecule has 3 rings (SSSR count). The second-order valence-corrected chi connectivity index (χ2v) is 5.87. The van der Waals surface area contributed by atoms with Gasteiger partial charge < -0.3 is 5.11 Å². The lowest BCUT2D eigenvalue weighted by atomic mass is 9.93. The molecule has 0 spiro atoms. The summed E-state index contributed by atoms with van der Waals surface area (Å²) in [4.78, 5) is 6.17. The Bertz CT molecular complexity index is 530. The molecule has 0 radical (unpaired) electrons. The second-order valence-electron chi connectivity index (χ2n) is 4.78. The lowest BCUT2D eigenvalue weighted by Gasteiger charge is -2.15. The topological polar surface area (TPSA) is 33.1 Å². The molecule has 2 nitrogen and oxygen atoms in total. The van der Waals surface area contributed by atoms with E-state index in [0.29, 0.717) is 5.75 Å². The summed E-state index contributed by atoms with van der Waals surface area (Å²) in [7, 11) is 0. The van der Waals surface area contributed by atoms with Crippen LogP contribution in [0.5, 0.6) is 5.75 Å². The van der Waals surface area contributed by atoms with Crippen LogP contribution in [0.3, 0.4) is 0 Å². The number of thiazole rings is 1. The standard InChI is InChI=1S/C14H15NOS/c1-9-2-7-12-13(8-9)17-14(15-12)10-3-5-11(16)6-4-10/h3-6,9,16H,2,7-8H2,1H3. The van der Waals surface area contributed by atoms with Crippen LogP contribution in [0.4, 0.5) is 0 Å². The predicted octanol–water partition coefficient (Wildman–Crippen LogP) is 3.64. The molecule has 0 saturated carbocycles. The fraction of sp³-hybridized carbons (Fsp3) is 0.357. The molecular formula is C14H15NOS. The van der Waals surface area contributed by atoms with Gasteiger partial charge in [-0.1, -0.05) is 6.92 Å². The van der Waals surface area contributed by atoms with Crippen molar-refractivity contribution in [3.05, 3.63) is 34.8 Å². The molecule has 0 fully saturated rings. The molecule has 2 aromatic rings. The van der Waals surface area contributed by atoms with Gasteiger partial charge in [0.25, 0.3) is 0 Å².